The summed E-state index contributed by atoms with van der Waals surface area (Å²) < 4.78 is 29.6. The normalized spacial score (nSPS) is 13.3. The molecule has 160 valence electrons. The van der Waals surface area contributed by atoms with E-state index in [1.54, 1.807) is 34.6 Å². The highest BCUT2D eigenvalue weighted by molar-refractivity contribution is 7.89. The van der Waals surface area contributed by atoms with Gasteiger partial charge in [-0.2, -0.15) is 5.10 Å². The number of hydrogen-bond acceptors (Lipinski definition) is 4. The number of benzene rings is 1. The Hall–Kier alpha value is -2.19. The van der Waals surface area contributed by atoms with E-state index in [-0.39, 0.29) is 23.4 Å². The molecule has 0 aliphatic carbocycles. The molecule has 0 radical (unpaired) electrons. The first kappa shape index (κ1) is 23.1. The van der Waals surface area contributed by atoms with Crippen molar-refractivity contribution in [2.45, 2.75) is 77.9 Å². The minimum absolute atomic E-state index is 0.0319. The van der Waals surface area contributed by atoms with Crippen LogP contribution in [0.5, 0.6) is 0 Å². The highest BCUT2D eigenvalue weighted by atomic mass is 32.2. The molecule has 0 aliphatic rings. The van der Waals surface area contributed by atoms with Gasteiger partial charge in [-0.25, -0.2) is 13.1 Å². The second-order valence-electron chi connectivity index (χ2n) is 8.61. The van der Waals surface area contributed by atoms with Crippen molar-refractivity contribution in [2.75, 3.05) is 0 Å². The SMILES string of the molecule is Cc1ccccc1CC(C)NC(=O)Cn1nc(C)c(S(=O)(=O)NC(C)(C)C)c1C. The lowest BCUT2D eigenvalue weighted by atomic mass is 10.0. The molecule has 1 heterocycles. The van der Waals surface area contributed by atoms with Crippen molar-refractivity contribution in [3.05, 3.63) is 46.8 Å². The van der Waals surface area contributed by atoms with E-state index < -0.39 is 15.6 Å². The van der Waals surface area contributed by atoms with Crippen LogP contribution < -0.4 is 10.0 Å². The fraction of sp³-hybridized carbons (Fsp3) is 0.524. The predicted molar refractivity (Wildman–Crippen MR) is 114 cm³/mol. The Morgan fingerprint density at radius 1 is 1.17 bits per heavy atom. The number of nitrogens with one attached hydrogen (secondary N) is 2. The first-order valence-electron chi connectivity index (χ1n) is 9.72. The summed E-state index contributed by atoms with van der Waals surface area (Å²) in [6.07, 6.45) is 0.727. The van der Waals surface area contributed by atoms with Crippen LogP contribution in [0.3, 0.4) is 0 Å². The summed E-state index contributed by atoms with van der Waals surface area (Å²) in [6, 6.07) is 8.03. The van der Waals surface area contributed by atoms with Gasteiger partial charge in [0, 0.05) is 11.6 Å². The molecular formula is C21H32N4O3S. The molecule has 7 nitrogen and oxygen atoms in total. The van der Waals surface area contributed by atoms with Crippen LogP contribution in [0, 0.1) is 20.8 Å². The van der Waals surface area contributed by atoms with Crippen LogP contribution in [0.2, 0.25) is 0 Å². The van der Waals surface area contributed by atoms with Gasteiger partial charge in [-0.3, -0.25) is 9.48 Å². The van der Waals surface area contributed by atoms with Crippen molar-refractivity contribution >= 4 is 15.9 Å². The summed E-state index contributed by atoms with van der Waals surface area (Å²) >= 11 is 0. The highest BCUT2D eigenvalue weighted by Crippen LogP contribution is 2.21. The van der Waals surface area contributed by atoms with Gasteiger partial charge in [0.15, 0.2) is 0 Å². The van der Waals surface area contributed by atoms with Crippen molar-refractivity contribution in [1.82, 2.24) is 19.8 Å². The quantitative estimate of drug-likeness (QED) is 0.720. The molecule has 2 rings (SSSR count). The third-order valence-electron chi connectivity index (χ3n) is 4.51. The molecule has 0 fully saturated rings. The van der Waals surface area contributed by atoms with Crippen molar-refractivity contribution in [1.29, 1.82) is 0 Å². The van der Waals surface area contributed by atoms with Crippen LogP contribution in [0.25, 0.3) is 0 Å². The van der Waals surface area contributed by atoms with Crippen molar-refractivity contribution in [2.24, 2.45) is 0 Å². The van der Waals surface area contributed by atoms with Gasteiger partial charge in [-0.1, -0.05) is 24.3 Å². The third kappa shape index (κ3) is 6.14. The topological polar surface area (TPSA) is 93.1 Å². The van der Waals surface area contributed by atoms with Crippen LogP contribution >= 0.6 is 0 Å². The van der Waals surface area contributed by atoms with E-state index in [0.29, 0.717) is 11.4 Å². The number of carbonyl (C=O) groups is 1. The standard InChI is InChI=1S/C21H32N4O3S/c1-14-10-8-9-11-18(14)12-15(2)22-19(26)13-25-17(4)20(16(3)23-25)29(27,28)24-21(5,6)7/h8-11,15,24H,12-13H2,1-7H3,(H,22,26). The molecule has 0 bridgehead atoms. The summed E-state index contributed by atoms with van der Waals surface area (Å²) in [5.74, 6) is -0.204. The van der Waals surface area contributed by atoms with Crippen molar-refractivity contribution in [3.8, 4) is 0 Å². The Balaban J connectivity index is 2.10. The maximum atomic E-state index is 12.7. The van der Waals surface area contributed by atoms with Gasteiger partial charge in [-0.15, -0.1) is 0 Å². The number of aryl methyl sites for hydroxylation is 2. The lowest BCUT2D eigenvalue weighted by molar-refractivity contribution is -0.122. The van der Waals surface area contributed by atoms with Crippen molar-refractivity contribution in [3.63, 3.8) is 0 Å². The molecule has 29 heavy (non-hydrogen) atoms. The van der Waals surface area contributed by atoms with E-state index in [2.05, 4.69) is 21.2 Å². The molecule has 1 unspecified atom stereocenters. The van der Waals surface area contributed by atoms with Crippen molar-refractivity contribution < 1.29 is 13.2 Å². The third-order valence-corrected chi connectivity index (χ3v) is 6.52. The molecule has 1 amide bonds. The number of hydrogen-bond donors (Lipinski definition) is 2. The van der Waals surface area contributed by atoms with E-state index in [9.17, 15) is 13.2 Å². The average molecular weight is 421 g/mol. The molecule has 1 atom stereocenters. The summed E-state index contributed by atoms with van der Waals surface area (Å²) in [7, 11) is -3.73. The fourth-order valence-electron chi connectivity index (χ4n) is 3.35. The molecule has 0 spiro atoms. The Bertz CT molecular complexity index is 988. The number of sulfonamides is 1. The largest absolute Gasteiger partial charge is 0.352 e. The maximum absolute atomic E-state index is 12.7. The molecular weight excluding hydrogens is 388 g/mol. The van der Waals surface area contributed by atoms with Crippen LogP contribution in [0.4, 0.5) is 0 Å². The molecule has 0 saturated carbocycles. The molecule has 1 aromatic carbocycles. The van der Waals surface area contributed by atoms with Gasteiger partial charge in [0.05, 0.1) is 11.4 Å². The van der Waals surface area contributed by atoms with E-state index in [1.807, 2.05) is 32.0 Å². The maximum Gasteiger partial charge on any atom is 0.244 e. The van der Waals surface area contributed by atoms with E-state index in [0.717, 1.165) is 6.42 Å². The summed E-state index contributed by atoms with van der Waals surface area (Å²) in [5.41, 5.74) is 2.59. The number of carbonyl (C=O) groups excluding carboxylic acids is 1. The average Bonchev–Trinajstić information content (AvgIpc) is 2.81. The van der Waals surface area contributed by atoms with Gasteiger partial charge in [0.2, 0.25) is 15.9 Å². The molecule has 2 N–H and O–H groups in total. The Morgan fingerprint density at radius 2 is 1.79 bits per heavy atom. The lowest BCUT2D eigenvalue weighted by Gasteiger charge is -2.20. The first-order chi connectivity index (χ1) is 13.3. The molecule has 2 aromatic rings. The lowest BCUT2D eigenvalue weighted by Crippen LogP contribution is -2.41. The molecule has 1 aromatic heterocycles. The van der Waals surface area contributed by atoms with Gasteiger partial charge < -0.3 is 5.32 Å². The van der Waals surface area contributed by atoms with Crippen LogP contribution in [-0.4, -0.2) is 35.7 Å². The van der Waals surface area contributed by atoms with Gasteiger partial charge in [0.25, 0.3) is 0 Å². The molecule has 0 aliphatic heterocycles. The Labute approximate surface area is 173 Å². The zero-order valence-corrected chi connectivity index (χ0v) is 19.1. The molecule has 0 saturated heterocycles. The van der Waals surface area contributed by atoms with Gasteiger partial charge >= 0.3 is 0 Å². The molecule has 8 heteroatoms. The second-order valence-corrected chi connectivity index (χ2v) is 10.2. The second kappa shape index (κ2) is 8.67. The van der Waals surface area contributed by atoms with Gasteiger partial charge in [0.1, 0.15) is 11.4 Å². The Morgan fingerprint density at radius 3 is 2.38 bits per heavy atom. The number of rotatable bonds is 7. The zero-order valence-electron chi connectivity index (χ0n) is 18.3. The predicted octanol–water partition coefficient (Wildman–Crippen LogP) is 2.63. The monoisotopic (exact) mass is 420 g/mol. The van der Waals surface area contributed by atoms with Crippen LogP contribution in [-0.2, 0) is 27.8 Å². The van der Waals surface area contributed by atoms with Gasteiger partial charge in [-0.05, 0) is 66.0 Å². The first-order valence-corrected chi connectivity index (χ1v) is 11.2. The minimum Gasteiger partial charge on any atom is -0.352 e. The number of nitrogens with zero attached hydrogens (tertiary/aromatic N) is 2. The summed E-state index contributed by atoms with van der Waals surface area (Å²) in [5, 5.41) is 7.26. The fourth-order valence-corrected chi connectivity index (χ4v) is 5.19. The van der Waals surface area contributed by atoms with E-state index in [1.165, 1.54) is 15.8 Å². The van der Waals surface area contributed by atoms with Crippen LogP contribution in [0.15, 0.2) is 29.2 Å². The smallest absolute Gasteiger partial charge is 0.244 e. The van der Waals surface area contributed by atoms with Crippen LogP contribution in [0.1, 0.15) is 50.2 Å². The summed E-state index contributed by atoms with van der Waals surface area (Å²) in [4.78, 5) is 12.6. The zero-order chi connectivity index (χ0) is 22.0. The minimum atomic E-state index is -3.73. The summed E-state index contributed by atoms with van der Waals surface area (Å²) in [6.45, 7) is 12.6. The number of amides is 1. The Kier molecular flexibility index (Phi) is 6.90. The highest BCUT2D eigenvalue weighted by Gasteiger charge is 2.29. The van der Waals surface area contributed by atoms with E-state index in [4.69, 9.17) is 0 Å². The van der Waals surface area contributed by atoms with E-state index >= 15 is 0 Å². The number of aromatic nitrogens is 2.